The summed E-state index contributed by atoms with van der Waals surface area (Å²) < 4.78 is 32.3. The number of thiazole rings is 1. The second kappa shape index (κ2) is 9.13. The number of amides is 1. The highest BCUT2D eigenvalue weighted by Crippen LogP contribution is 2.25. The molecule has 0 aliphatic carbocycles. The van der Waals surface area contributed by atoms with Crippen LogP contribution in [0.4, 0.5) is 5.13 Å². The molecule has 0 aliphatic rings. The molecule has 0 atom stereocenters. The summed E-state index contributed by atoms with van der Waals surface area (Å²) in [5.41, 5.74) is 0.954. The molecule has 1 aromatic heterocycles. The Kier molecular flexibility index (Phi) is 7.33. The maximum atomic E-state index is 13.1. The van der Waals surface area contributed by atoms with Gasteiger partial charge >= 0.3 is 0 Å². The third-order valence-corrected chi connectivity index (χ3v) is 6.78. The van der Waals surface area contributed by atoms with E-state index in [9.17, 15) is 13.2 Å². The number of methoxy groups -OCH3 is 1. The number of ether oxygens (including phenoxy) is 1. The number of nitrogens with zero attached hydrogens (tertiary/aromatic N) is 2. The molecule has 28 heavy (non-hydrogen) atoms. The molecular formula is C19H27N3O4S2. The fourth-order valence-corrected chi connectivity index (χ4v) is 4.55. The molecule has 154 valence electrons. The first kappa shape index (κ1) is 22.5. The summed E-state index contributed by atoms with van der Waals surface area (Å²) in [6.45, 7) is 8.01. The number of aryl methyl sites for hydroxylation is 1. The van der Waals surface area contributed by atoms with E-state index < -0.39 is 15.9 Å². The van der Waals surface area contributed by atoms with Crippen LogP contribution in [0.1, 0.15) is 31.2 Å². The lowest BCUT2D eigenvalue weighted by Gasteiger charge is -2.23. The molecule has 0 bridgehead atoms. The number of hydrogen-bond donors (Lipinski definition) is 1. The lowest BCUT2D eigenvalue weighted by Crippen LogP contribution is -2.40. The first-order valence-electron chi connectivity index (χ1n) is 8.86. The zero-order valence-corrected chi connectivity index (χ0v) is 18.5. The van der Waals surface area contributed by atoms with Gasteiger partial charge in [-0.05, 0) is 30.0 Å². The molecule has 0 unspecified atom stereocenters. The largest absolute Gasteiger partial charge is 0.383 e. The number of benzene rings is 1. The van der Waals surface area contributed by atoms with E-state index in [2.05, 4.69) is 31.1 Å². The molecule has 2 aromatic rings. The number of nitrogens with one attached hydrogen (secondary N) is 1. The smallest absolute Gasteiger partial charge is 0.243 e. The van der Waals surface area contributed by atoms with Crippen molar-refractivity contribution < 1.29 is 17.9 Å². The van der Waals surface area contributed by atoms with Crippen molar-refractivity contribution in [2.24, 2.45) is 0 Å². The Morgan fingerprint density at radius 3 is 2.39 bits per heavy atom. The highest BCUT2D eigenvalue weighted by atomic mass is 32.2. The predicted molar refractivity (Wildman–Crippen MR) is 111 cm³/mol. The molecule has 1 aromatic carbocycles. The van der Waals surface area contributed by atoms with Crippen LogP contribution in [0.5, 0.6) is 0 Å². The number of carbonyl (C=O) groups excluding carboxylic acids is 1. The molecule has 0 aliphatic heterocycles. The van der Waals surface area contributed by atoms with Crippen molar-refractivity contribution in [2.45, 2.75) is 38.0 Å². The fourth-order valence-electron chi connectivity index (χ4n) is 2.48. The van der Waals surface area contributed by atoms with E-state index in [4.69, 9.17) is 4.74 Å². The first-order valence-corrected chi connectivity index (χ1v) is 11.1. The molecule has 1 heterocycles. The summed E-state index contributed by atoms with van der Waals surface area (Å²) >= 11 is 1.33. The quantitative estimate of drug-likeness (QED) is 0.702. The summed E-state index contributed by atoms with van der Waals surface area (Å²) in [5, 5.41) is 3.09. The van der Waals surface area contributed by atoms with E-state index >= 15 is 0 Å². The van der Waals surface area contributed by atoms with Crippen LogP contribution in [-0.4, -0.2) is 50.4 Å². The molecule has 0 fully saturated rings. The van der Waals surface area contributed by atoms with Gasteiger partial charge in [-0.3, -0.25) is 4.79 Å². The lowest BCUT2D eigenvalue weighted by atomic mass is 9.87. The van der Waals surface area contributed by atoms with E-state index in [1.807, 2.05) is 6.92 Å². The minimum Gasteiger partial charge on any atom is -0.383 e. The summed E-state index contributed by atoms with van der Waals surface area (Å²) in [4.78, 5) is 17.5. The summed E-state index contributed by atoms with van der Waals surface area (Å²) in [7, 11) is -2.35. The van der Waals surface area contributed by atoms with Crippen molar-refractivity contribution in [3.63, 3.8) is 0 Å². The molecule has 1 amide bonds. The van der Waals surface area contributed by atoms with Gasteiger partial charge in [-0.2, -0.15) is 4.31 Å². The monoisotopic (exact) mass is 425 g/mol. The Morgan fingerprint density at radius 1 is 1.25 bits per heavy atom. The maximum absolute atomic E-state index is 13.1. The summed E-state index contributed by atoms with van der Waals surface area (Å²) in [6.07, 6.45) is 1.65. The van der Waals surface area contributed by atoms with Crippen molar-refractivity contribution in [1.29, 1.82) is 0 Å². The SMILES string of the molecule is COCCN(CC(=O)Nc1ncc(C)s1)S(=O)(=O)c1ccc(C(C)(C)C)cc1. The Bertz CT molecular complexity index is 900. The third kappa shape index (κ3) is 5.84. The van der Waals surface area contributed by atoms with Gasteiger partial charge in [0.15, 0.2) is 5.13 Å². The molecule has 9 heteroatoms. The van der Waals surface area contributed by atoms with E-state index in [0.29, 0.717) is 5.13 Å². The molecular weight excluding hydrogens is 398 g/mol. The topological polar surface area (TPSA) is 88.6 Å². The fraction of sp³-hybridized carbons (Fsp3) is 0.474. The summed E-state index contributed by atoms with van der Waals surface area (Å²) in [5.74, 6) is -0.444. The third-order valence-electron chi connectivity index (χ3n) is 4.09. The van der Waals surface area contributed by atoms with Crippen LogP contribution in [0.25, 0.3) is 0 Å². The van der Waals surface area contributed by atoms with Crippen molar-refractivity contribution in [1.82, 2.24) is 9.29 Å². The van der Waals surface area contributed by atoms with Crippen molar-refractivity contribution >= 4 is 32.4 Å². The second-order valence-corrected chi connectivity index (χ2v) is 10.6. The predicted octanol–water partition coefficient (Wildman–Crippen LogP) is 3.02. The van der Waals surface area contributed by atoms with Crippen LogP contribution in [-0.2, 0) is 25.0 Å². The molecule has 1 N–H and O–H groups in total. The molecule has 0 radical (unpaired) electrons. The normalized spacial score (nSPS) is 12.4. The van der Waals surface area contributed by atoms with Crippen molar-refractivity contribution in [2.75, 3.05) is 32.1 Å². The summed E-state index contributed by atoms with van der Waals surface area (Å²) in [6, 6.07) is 6.77. The zero-order valence-electron chi connectivity index (χ0n) is 16.9. The van der Waals surface area contributed by atoms with Gasteiger partial charge < -0.3 is 10.1 Å². The molecule has 7 nitrogen and oxygen atoms in total. The molecule has 2 rings (SSSR count). The second-order valence-electron chi connectivity index (χ2n) is 7.43. The van der Waals surface area contributed by atoms with Crippen LogP contribution in [0.15, 0.2) is 35.4 Å². The zero-order chi connectivity index (χ0) is 20.9. The number of rotatable bonds is 8. The van der Waals surface area contributed by atoms with Crippen LogP contribution >= 0.6 is 11.3 Å². The number of sulfonamides is 1. The molecule has 0 saturated heterocycles. The Labute approximate surface area is 170 Å². The van der Waals surface area contributed by atoms with E-state index in [0.717, 1.165) is 14.7 Å². The van der Waals surface area contributed by atoms with E-state index in [-0.39, 0.29) is 30.0 Å². The Balaban J connectivity index is 2.20. The van der Waals surface area contributed by atoms with Crippen molar-refractivity contribution in [3.05, 3.63) is 40.9 Å². The number of carbonyl (C=O) groups is 1. The standard InChI is InChI=1S/C19H27N3O4S2/c1-14-12-20-18(27-14)21-17(23)13-22(10-11-26-5)28(24,25)16-8-6-15(7-9-16)19(2,3)4/h6-9,12H,10-11,13H2,1-5H3,(H,20,21,23). The Morgan fingerprint density at radius 2 is 1.89 bits per heavy atom. The van der Waals surface area contributed by atoms with Gasteiger partial charge in [0.1, 0.15) is 0 Å². The van der Waals surface area contributed by atoms with E-state index in [1.54, 1.807) is 30.5 Å². The number of anilines is 1. The van der Waals surface area contributed by atoms with Gasteiger partial charge in [0.2, 0.25) is 15.9 Å². The highest BCUT2D eigenvalue weighted by molar-refractivity contribution is 7.89. The van der Waals surface area contributed by atoms with Gasteiger partial charge in [-0.1, -0.05) is 32.9 Å². The van der Waals surface area contributed by atoms with Gasteiger partial charge in [0.05, 0.1) is 18.0 Å². The lowest BCUT2D eigenvalue weighted by molar-refractivity contribution is -0.116. The minimum absolute atomic E-state index is 0.0736. The maximum Gasteiger partial charge on any atom is 0.243 e. The van der Waals surface area contributed by atoms with E-state index in [1.165, 1.54) is 18.4 Å². The highest BCUT2D eigenvalue weighted by Gasteiger charge is 2.27. The molecule has 0 saturated carbocycles. The van der Waals surface area contributed by atoms with Crippen LogP contribution < -0.4 is 5.32 Å². The van der Waals surface area contributed by atoms with Crippen LogP contribution in [0.3, 0.4) is 0 Å². The number of aromatic nitrogens is 1. The minimum atomic E-state index is -3.84. The van der Waals surface area contributed by atoms with Crippen LogP contribution in [0, 0.1) is 6.92 Å². The number of hydrogen-bond acceptors (Lipinski definition) is 6. The average molecular weight is 426 g/mol. The average Bonchev–Trinajstić information content (AvgIpc) is 3.02. The van der Waals surface area contributed by atoms with Gasteiger partial charge in [-0.15, -0.1) is 11.3 Å². The van der Waals surface area contributed by atoms with Gasteiger partial charge in [0.25, 0.3) is 0 Å². The van der Waals surface area contributed by atoms with Crippen molar-refractivity contribution in [3.8, 4) is 0 Å². The molecule has 0 spiro atoms. The van der Waals surface area contributed by atoms with Gasteiger partial charge in [-0.25, -0.2) is 13.4 Å². The Hall–Kier alpha value is -1.81. The van der Waals surface area contributed by atoms with Gasteiger partial charge in [0, 0.05) is 24.7 Å². The first-order chi connectivity index (χ1) is 13.0. The van der Waals surface area contributed by atoms with Crippen LogP contribution in [0.2, 0.25) is 0 Å².